The molecule has 1 unspecified atom stereocenters. The molecular weight excluding hydrogens is 236 g/mol. The van der Waals surface area contributed by atoms with E-state index in [-0.39, 0.29) is 19.1 Å². The third kappa shape index (κ3) is 3.44. The number of nitriles is 2. The van der Waals surface area contributed by atoms with Crippen molar-refractivity contribution < 1.29 is 0 Å². The van der Waals surface area contributed by atoms with Crippen LogP contribution in [0.15, 0.2) is 24.3 Å². The van der Waals surface area contributed by atoms with Crippen LogP contribution < -0.4 is 5.73 Å². The third-order valence-corrected chi connectivity index (χ3v) is 2.82. The van der Waals surface area contributed by atoms with E-state index in [1.165, 1.54) is 0 Å². The second-order valence-corrected chi connectivity index (χ2v) is 3.90. The van der Waals surface area contributed by atoms with E-state index in [1.807, 2.05) is 30.3 Å². The highest BCUT2D eigenvalue weighted by Crippen LogP contribution is 2.26. The molecule has 0 saturated carbocycles. The average Bonchev–Trinajstić information content (AvgIpc) is 2.33. The van der Waals surface area contributed by atoms with Crippen LogP contribution in [0.2, 0.25) is 5.02 Å². The Balaban J connectivity index is 3.01. The number of hydrogen-bond acceptors (Lipinski definition) is 4. The van der Waals surface area contributed by atoms with E-state index in [9.17, 15) is 0 Å². The van der Waals surface area contributed by atoms with Crippen molar-refractivity contribution in [2.24, 2.45) is 5.73 Å². The van der Waals surface area contributed by atoms with Gasteiger partial charge >= 0.3 is 0 Å². The zero-order valence-electron chi connectivity index (χ0n) is 9.31. The summed E-state index contributed by atoms with van der Waals surface area (Å²) in [5.74, 6) is 0. The number of hydrogen-bond donors (Lipinski definition) is 1. The molecule has 0 aliphatic heterocycles. The highest BCUT2D eigenvalue weighted by molar-refractivity contribution is 6.31. The van der Waals surface area contributed by atoms with Crippen molar-refractivity contribution in [1.29, 1.82) is 10.5 Å². The summed E-state index contributed by atoms with van der Waals surface area (Å²) in [5.41, 5.74) is 6.57. The van der Waals surface area contributed by atoms with Crippen LogP contribution in [0.4, 0.5) is 0 Å². The molecule has 0 radical (unpaired) electrons. The fourth-order valence-corrected chi connectivity index (χ4v) is 1.94. The molecule has 5 heteroatoms. The van der Waals surface area contributed by atoms with Crippen molar-refractivity contribution in [3.05, 3.63) is 34.9 Å². The maximum absolute atomic E-state index is 8.75. The van der Waals surface area contributed by atoms with Gasteiger partial charge in [0, 0.05) is 11.6 Å². The molecule has 1 aromatic carbocycles. The van der Waals surface area contributed by atoms with Crippen LogP contribution in [0.1, 0.15) is 11.6 Å². The van der Waals surface area contributed by atoms with Crippen LogP contribution in [0.3, 0.4) is 0 Å². The molecule has 1 atom stereocenters. The van der Waals surface area contributed by atoms with Gasteiger partial charge < -0.3 is 5.73 Å². The van der Waals surface area contributed by atoms with Crippen molar-refractivity contribution >= 4 is 11.6 Å². The Kier molecular flexibility index (Phi) is 5.45. The Labute approximate surface area is 106 Å². The molecule has 0 fully saturated rings. The molecule has 0 aliphatic carbocycles. The Morgan fingerprint density at radius 3 is 2.29 bits per heavy atom. The highest BCUT2D eigenvalue weighted by Gasteiger charge is 2.20. The zero-order chi connectivity index (χ0) is 12.7. The normalized spacial score (nSPS) is 11.8. The van der Waals surface area contributed by atoms with E-state index in [4.69, 9.17) is 27.9 Å². The molecule has 0 spiro atoms. The minimum absolute atomic E-state index is 0.153. The minimum Gasteiger partial charge on any atom is -0.329 e. The van der Waals surface area contributed by atoms with Gasteiger partial charge in [0.2, 0.25) is 0 Å². The number of benzene rings is 1. The first-order valence-electron chi connectivity index (χ1n) is 5.17. The summed E-state index contributed by atoms with van der Waals surface area (Å²) in [7, 11) is 0. The molecule has 0 aromatic heterocycles. The number of nitrogens with two attached hydrogens (primary N) is 1. The third-order valence-electron chi connectivity index (χ3n) is 2.48. The lowest BCUT2D eigenvalue weighted by molar-refractivity contribution is 0.254. The first-order chi connectivity index (χ1) is 8.24. The minimum atomic E-state index is -0.206. The maximum atomic E-state index is 8.75. The Bertz CT molecular complexity index is 431. The summed E-state index contributed by atoms with van der Waals surface area (Å²) >= 11 is 6.09. The predicted molar refractivity (Wildman–Crippen MR) is 66.0 cm³/mol. The second kappa shape index (κ2) is 6.88. The first-order valence-corrected chi connectivity index (χ1v) is 5.54. The average molecular weight is 249 g/mol. The summed E-state index contributed by atoms with van der Waals surface area (Å²) in [4.78, 5) is 1.71. The molecule has 4 nitrogen and oxygen atoms in total. The molecule has 0 bridgehead atoms. The predicted octanol–water partition coefficient (Wildman–Crippen LogP) is 1.69. The summed E-state index contributed by atoms with van der Waals surface area (Å²) in [6, 6.07) is 11.2. The van der Waals surface area contributed by atoms with Gasteiger partial charge in [0.15, 0.2) is 0 Å². The largest absolute Gasteiger partial charge is 0.329 e. The van der Waals surface area contributed by atoms with Gasteiger partial charge in [-0.2, -0.15) is 10.5 Å². The molecule has 2 N–H and O–H groups in total. The van der Waals surface area contributed by atoms with E-state index in [2.05, 4.69) is 0 Å². The van der Waals surface area contributed by atoms with Crippen molar-refractivity contribution in [3.8, 4) is 12.1 Å². The summed E-state index contributed by atoms with van der Waals surface area (Å²) in [5, 5.41) is 18.1. The molecule has 1 aromatic rings. The number of nitrogens with zero attached hydrogens (tertiary/aromatic N) is 3. The van der Waals surface area contributed by atoms with Crippen LogP contribution in [0.25, 0.3) is 0 Å². The highest BCUT2D eigenvalue weighted by atomic mass is 35.5. The molecule has 88 valence electrons. The van der Waals surface area contributed by atoms with Crippen molar-refractivity contribution in [1.82, 2.24) is 4.90 Å². The first kappa shape index (κ1) is 13.5. The van der Waals surface area contributed by atoms with E-state index in [1.54, 1.807) is 11.0 Å². The molecule has 0 amide bonds. The lowest BCUT2D eigenvalue weighted by Gasteiger charge is -2.27. The zero-order valence-corrected chi connectivity index (χ0v) is 10.1. The Morgan fingerprint density at radius 1 is 1.24 bits per heavy atom. The van der Waals surface area contributed by atoms with Crippen LogP contribution in [0.5, 0.6) is 0 Å². The maximum Gasteiger partial charge on any atom is 0.0879 e. The second-order valence-electron chi connectivity index (χ2n) is 3.49. The monoisotopic (exact) mass is 248 g/mol. The lowest BCUT2D eigenvalue weighted by atomic mass is 10.1. The quantitative estimate of drug-likeness (QED) is 0.805. The Hall–Kier alpha value is -1.59. The number of rotatable bonds is 5. The van der Waals surface area contributed by atoms with Crippen molar-refractivity contribution in [2.45, 2.75) is 6.04 Å². The SMILES string of the molecule is N#CCN(CC#N)C(CN)c1ccccc1Cl. The fraction of sp³-hybridized carbons (Fsp3) is 0.333. The fourth-order valence-electron chi connectivity index (χ4n) is 1.68. The Morgan fingerprint density at radius 2 is 1.82 bits per heavy atom. The lowest BCUT2D eigenvalue weighted by Crippen LogP contribution is -2.34. The molecule has 17 heavy (non-hydrogen) atoms. The summed E-state index contributed by atoms with van der Waals surface area (Å²) < 4.78 is 0. The van der Waals surface area contributed by atoms with Crippen LogP contribution in [-0.4, -0.2) is 24.5 Å². The van der Waals surface area contributed by atoms with Crippen LogP contribution in [-0.2, 0) is 0 Å². The van der Waals surface area contributed by atoms with Gasteiger partial charge in [-0.05, 0) is 11.6 Å². The van der Waals surface area contributed by atoms with Gasteiger partial charge in [0.1, 0.15) is 0 Å². The van der Waals surface area contributed by atoms with Crippen LogP contribution >= 0.6 is 11.6 Å². The standard InChI is InChI=1S/C12H13ClN4/c13-11-4-2-1-3-10(11)12(9-16)17(7-5-14)8-6-15/h1-4,12H,7-9,16H2. The van der Waals surface area contributed by atoms with E-state index >= 15 is 0 Å². The van der Waals surface area contributed by atoms with E-state index in [0.717, 1.165) is 5.56 Å². The van der Waals surface area contributed by atoms with Gasteiger partial charge in [0.05, 0.1) is 31.3 Å². The van der Waals surface area contributed by atoms with Gasteiger partial charge in [0.25, 0.3) is 0 Å². The van der Waals surface area contributed by atoms with Gasteiger partial charge in [-0.3, -0.25) is 4.90 Å². The molecular formula is C12H13ClN4. The van der Waals surface area contributed by atoms with Gasteiger partial charge in [-0.25, -0.2) is 0 Å². The van der Waals surface area contributed by atoms with Gasteiger partial charge in [-0.15, -0.1) is 0 Å². The molecule has 0 saturated heterocycles. The summed E-state index contributed by atoms with van der Waals surface area (Å²) in [6.45, 7) is 0.619. The van der Waals surface area contributed by atoms with Crippen molar-refractivity contribution in [2.75, 3.05) is 19.6 Å². The molecule has 0 heterocycles. The molecule has 0 aliphatic rings. The molecule has 1 rings (SSSR count). The topological polar surface area (TPSA) is 76.8 Å². The van der Waals surface area contributed by atoms with Gasteiger partial charge in [-0.1, -0.05) is 29.8 Å². The van der Waals surface area contributed by atoms with Crippen LogP contribution in [0, 0.1) is 22.7 Å². The smallest absolute Gasteiger partial charge is 0.0879 e. The summed E-state index contributed by atoms with van der Waals surface area (Å²) in [6.07, 6.45) is 0. The van der Waals surface area contributed by atoms with E-state index in [0.29, 0.717) is 11.6 Å². The number of halogens is 1. The van der Waals surface area contributed by atoms with E-state index < -0.39 is 0 Å². The van der Waals surface area contributed by atoms with Crippen molar-refractivity contribution in [3.63, 3.8) is 0 Å².